The predicted molar refractivity (Wildman–Crippen MR) is 109 cm³/mol. The smallest absolute Gasteiger partial charge is 0.273 e. The van der Waals surface area contributed by atoms with Crippen LogP contribution < -0.4 is 10.9 Å². The maximum atomic E-state index is 13.3. The summed E-state index contributed by atoms with van der Waals surface area (Å²) in [6, 6.07) is 10.5. The lowest BCUT2D eigenvalue weighted by Crippen LogP contribution is -2.53. The van der Waals surface area contributed by atoms with Gasteiger partial charge in [0.1, 0.15) is 0 Å². The van der Waals surface area contributed by atoms with Crippen LogP contribution in [0.15, 0.2) is 41.3 Å². The van der Waals surface area contributed by atoms with Crippen LogP contribution in [0.2, 0.25) is 0 Å². The van der Waals surface area contributed by atoms with Crippen molar-refractivity contribution in [2.75, 3.05) is 19.6 Å². The lowest BCUT2D eigenvalue weighted by atomic mass is 9.94. The normalized spacial score (nSPS) is 17.4. The number of nitrogens with one attached hydrogen (secondary N) is 3. The van der Waals surface area contributed by atoms with Gasteiger partial charge in [0.2, 0.25) is 0 Å². The van der Waals surface area contributed by atoms with E-state index in [0.717, 1.165) is 18.5 Å². The number of aromatic nitrogens is 3. The zero-order valence-electron chi connectivity index (χ0n) is 16.2. The summed E-state index contributed by atoms with van der Waals surface area (Å²) in [5, 5.41) is 9.34. The second kappa shape index (κ2) is 7.59. The van der Waals surface area contributed by atoms with Crippen LogP contribution in [0.25, 0.3) is 11.0 Å². The van der Waals surface area contributed by atoms with Crippen molar-refractivity contribution in [3.63, 3.8) is 0 Å². The summed E-state index contributed by atoms with van der Waals surface area (Å²) in [6.07, 6.45) is 2.47. The van der Waals surface area contributed by atoms with Gasteiger partial charge in [0.25, 0.3) is 11.5 Å². The molecule has 1 fully saturated rings. The van der Waals surface area contributed by atoms with Gasteiger partial charge in [-0.15, -0.1) is 0 Å². The highest BCUT2D eigenvalue weighted by molar-refractivity contribution is 5.99. The van der Waals surface area contributed by atoms with Crippen molar-refractivity contribution in [2.45, 2.75) is 32.2 Å². The largest absolute Gasteiger partial charge is 0.336 e. The van der Waals surface area contributed by atoms with Crippen LogP contribution in [-0.2, 0) is 6.42 Å². The lowest BCUT2D eigenvalue weighted by Gasteiger charge is -2.34. The summed E-state index contributed by atoms with van der Waals surface area (Å²) in [4.78, 5) is 31.8. The number of hydrogen-bond acceptors (Lipinski definition) is 4. The zero-order chi connectivity index (χ0) is 19.7. The van der Waals surface area contributed by atoms with Crippen LogP contribution in [0.5, 0.6) is 0 Å². The average Bonchev–Trinajstić information content (AvgIpc) is 3.08. The molecule has 1 aliphatic rings. The van der Waals surface area contributed by atoms with Crippen molar-refractivity contribution < 1.29 is 4.79 Å². The monoisotopic (exact) mass is 379 g/mol. The summed E-state index contributed by atoms with van der Waals surface area (Å²) >= 11 is 0. The van der Waals surface area contributed by atoms with Gasteiger partial charge in [0.05, 0.1) is 10.9 Å². The Bertz CT molecular complexity index is 1040. The van der Waals surface area contributed by atoms with Gasteiger partial charge in [-0.1, -0.05) is 44.2 Å². The molecule has 7 heteroatoms. The zero-order valence-corrected chi connectivity index (χ0v) is 16.2. The fourth-order valence-electron chi connectivity index (χ4n) is 4.01. The highest BCUT2D eigenvalue weighted by Gasteiger charge is 2.28. The third kappa shape index (κ3) is 3.45. The van der Waals surface area contributed by atoms with Crippen molar-refractivity contribution >= 4 is 16.9 Å². The van der Waals surface area contributed by atoms with Crippen molar-refractivity contribution in [3.05, 3.63) is 63.6 Å². The minimum atomic E-state index is -0.233. The number of benzene rings is 1. The average molecular weight is 379 g/mol. The Labute approximate surface area is 163 Å². The Kier molecular flexibility index (Phi) is 5.00. The summed E-state index contributed by atoms with van der Waals surface area (Å²) < 4.78 is 0. The Morgan fingerprint density at radius 3 is 2.79 bits per heavy atom. The van der Waals surface area contributed by atoms with E-state index in [2.05, 4.69) is 32.6 Å². The van der Waals surface area contributed by atoms with E-state index in [9.17, 15) is 9.59 Å². The van der Waals surface area contributed by atoms with Crippen LogP contribution in [-0.4, -0.2) is 51.7 Å². The highest BCUT2D eigenvalue weighted by atomic mass is 16.2. The van der Waals surface area contributed by atoms with E-state index in [1.54, 1.807) is 6.20 Å². The fraction of sp³-hybridized carbons (Fsp3) is 0.381. The number of fused-ring (bicyclic) bond motifs is 1. The molecule has 7 nitrogen and oxygen atoms in total. The molecule has 146 valence electrons. The van der Waals surface area contributed by atoms with Gasteiger partial charge in [0, 0.05) is 31.9 Å². The van der Waals surface area contributed by atoms with E-state index in [1.807, 2.05) is 36.9 Å². The fourth-order valence-corrected chi connectivity index (χ4v) is 4.01. The summed E-state index contributed by atoms with van der Waals surface area (Å²) in [5.41, 5.74) is 2.79. The molecule has 0 radical (unpaired) electrons. The molecular weight excluding hydrogens is 354 g/mol. The molecule has 3 aromatic rings. The third-order valence-electron chi connectivity index (χ3n) is 5.32. The van der Waals surface area contributed by atoms with Gasteiger partial charge in [-0.25, -0.2) is 4.98 Å². The number of hydrogen-bond donors (Lipinski definition) is 3. The Morgan fingerprint density at radius 2 is 2.04 bits per heavy atom. The van der Waals surface area contributed by atoms with Gasteiger partial charge < -0.3 is 10.2 Å². The number of nitrogens with zero attached hydrogens (tertiary/aromatic N) is 2. The van der Waals surface area contributed by atoms with Gasteiger partial charge in [-0.3, -0.25) is 19.8 Å². The highest BCUT2D eigenvalue weighted by Crippen LogP contribution is 2.26. The van der Waals surface area contributed by atoms with Crippen LogP contribution in [0.3, 0.4) is 0 Å². The van der Waals surface area contributed by atoms with Crippen molar-refractivity contribution in [3.8, 4) is 0 Å². The first-order valence-electron chi connectivity index (χ1n) is 9.70. The maximum absolute atomic E-state index is 13.3. The van der Waals surface area contributed by atoms with E-state index in [-0.39, 0.29) is 23.4 Å². The van der Waals surface area contributed by atoms with E-state index >= 15 is 0 Å². The minimum absolute atomic E-state index is 0.0318. The molecule has 3 heterocycles. The van der Waals surface area contributed by atoms with Crippen molar-refractivity contribution in [1.29, 1.82) is 0 Å². The lowest BCUT2D eigenvalue weighted by molar-refractivity contribution is 0.0701. The number of piperazine rings is 1. The molecule has 28 heavy (non-hydrogen) atoms. The Balaban J connectivity index is 1.61. The Hall–Kier alpha value is -2.93. The van der Waals surface area contributed by atoms with E-state index in [4.69, 9.17) is 0 Å². The number of aromatic amines is 2. The van der Waals surface area contributed by atoms with Crippen LogP contribution in [0.4, 0.5) is 0 Å². The number of H-pyrrole nitrogens is 2. The first-order chi connectivity index (χ1) is 13.5. The molecule has 0 aliphatic carbocycles. The molecule has 1 aliphatic heterocycles. The van der Waals surface area contributed by atoms with E-state index < -0.39 is 0 Å². The molecule has 1 unspecified atom stereocenters. The molecule has 0 spiro atoms. The summed E-state index contributed by atoms with van der Waals surface area (Å²) in [7, 11) is 0. The second-order valence-electron chi connectivity index (χ2n) is 7.63. The molecule has 1 amide bonds. The molecule has 1 atom stereocenters. The Morgan fingerprint density at radius 1 is 1.25 bits per heavy atom. The third-order valence-corrected chi connectivity index (χ3v) is 5.32. The molecule has 4 rings (SSSR count). The summed E-state index contributed by atoms with van der Waals surface area (Å²) in [6.45, 7) is 6.01. The van der Waals surface area contributed by atoms with Crippen molar-refractivity contribution in [2.24, 2.45) is 0 Å². The molecular formula is C21H25N5O2. The predicted octanol–water partition coefficient (Wildman–Crippen LogP) is 2.03. The first-order valence-corrected chi connectivity index (χ1v) is 9.70. The molecule has 0 bridgehead atoms. The standard InChI is InChI=1S/C21H25N5O2/c1-13(2)17-16(11-23-19-18(17)20(27)25-24-19)21(28)26-9-8-22-15(12-26)10-14-6-4-3-5-7-14/h3-7,11,13,15,22H,8-10,12H2,1-2H3,(H2,23,24,25,27). The molecule has 2 aromatic heterocycles. The topological polar surface area (TPSA) is 93.9 Å². The number of pyridine rings is 1. The number of carbonyl (C=O) groups is 1. The van der Waals surface area contributed by atoms with Gasteiger partial charge in [-0.05, 0) is 23.5 Å². The van der Waals surface area contributed by atoms with Crippen LogP contribution >= 0.6 is 0 Å². The van der Waals surface area contributed by atoms with E-state index in [0.29, 0.717) is 29.7 Å². The summed E-state index contributed by atoms with van der Waals surface area (Å²) in [5.74, 6) is -0.0253. The molecule has 0 saturated carbocycles. The van der Waals surface area contributed by atoms with Gasteiger partial charge >= 0.3 is 0 Å². The SMILES string of the molecule is CC(C)c1c(C(=O)N2CCNC(Cc3ccccc3)C2)cnc2[nH][nH]c(=O)c12. The van der Waals surface area contributed by atoms with Crippen LogP contribution in [0.1, 0.15) is 41.3 Å². The van der Waals surface area contributed by atoms with Crippen LogP contribution in [0, 0.1) is 0 Å². The molecule has 1 saturated heterocycles. The first kappa shape index (κ1) is 18.4. The van der Waals surface area contributed by atoms with Crippen molar-refractivity contribution in [1.82, 2.24) is 25.4 Å². The molecule has 1 aromatic carbocycles. The van der Waals surface area contributed by atoms with Gasteiger partial charge in [0.15, 0.2) is 5.65 Å². The second-order valence-corrected chi connectivity index (χ2v) is 7.63. The number of amides is 1. The maximum Gasteiger partial charge on any atom is 0.273 e. The number of rotatable bonds is 4. The number of carbonyl (C=O) groups excluding carboxylic acids is 1. The molecule has 3 N–H and O–H groups in total. The van der Waals surface area contributed by atoms with Gasteiger partial charge in [-0.2, -0.15) is 0 Å². The quantitative estimate of drug-likeness (QED) is 0.647. The van der Waals surface area contributed by atoms with E-state index in [1.165, 1.54) is 5.56 Å². The minimum Gasteiger partial charge on any atom is -0.336 e.